The number of methoxy groups -OCH3 is 1. The fourth-order valence-corrected chi connectivity index (χ4v) is 1.90. The maximum atomic E-state index is 10.9. The van der Waals surface area contributed by atoms with Crippen molar-refractivity contribution in [2.75, 3.05) is 13.7 Å². The summed E-state index contributed by atoms with van der Waals surface area (Å²) in [5, 5.41) is 3.10. The predicted octanol–water partition coefficient (Wildman–Crippen LogP) is 1.66. The van der Waals surface area contributed by atoms with Gasteiger partial charge in [0, 0.05) is 0 Å². The van der Waals surface area contributed by atoms with Crippen molar-refractivity contribution in [1.82, 2.24) is 5.32 Å². The molecule has 0 amide bonds. The maximum Gasteiger partial charge on any atom is 0.322 e. The van der Waals surface area contributed by atoms with Gasteiger partial charge in [-0.1, -0.05) is 36.8 Å². The zero-order valence-corrected chi connectivity index (χ0v) is 11.7. The minimum Gasteiger partial charge on any atom is -0.468 e. The van der Waals surface area contributed by atoms with Crippen LogP contribution in [0.5, 0.6) is 0 Å². The lowest BCUT2D eigenvalue weighted by atomic mass is 10.1. The van der Waals surface area contributed by atoms with Crippen molar-refractivity contribution in [3.05, 3.63) is 35.9 Å². The van der Waals surface area contributed by atoms with E-state index in [0.717, 1.165) is 24.9 Å². The van der Waals surface area contributed by atoms with E-state index in [1.54, 1.807) is 0 Å². The summed E-state index contributed by atoms with van der Waals surface area (Å²) in [5.74, 6) is -0.125. The Labute approximate surface area is 119 Å². The lowest BCUT2D eigenvalue weighted by Crippen LogP contribution is -2.40. The Hall–Kier alpha value is -1.88. The fraction of sp³-hybridized carbons (Fsp3) is 0.467. The van der Waals surface area contributed by atoms with Crippen LogP contribution < -0.4 is 5.32 Å². The Morgan fingerprint density at radius 3 is 2.65 bits per heavy atom. The quantitative estimate of drug-likeness (QED) is 0.671. The van der Waals surface area contributed by atoms with Gasteiger partial charge in [-0.15, -0.1) is 0 Å². The molecule has 0 radical (unpaired) electrons. The van der Waals surface area contributed by atoms with Gasteiger partial charge in [-0.05, 0) is 24.9 Å². The Bertz CT molecular complexity index is 388. The van der Waals surface area contributed by atoms with Crippen LogP contribution in [0.25, 0.3) is 0 Å². The van der Waals surface area contributed by atoms with Gasteiger partial charge < -0.3 is 14.8 Å². The first-order valence-electron chi connectivity index (χ1n) is 6.68. The van der Waals surface area contributed by atoms with E-state index in [2.05, 4.69) is 14.8 Å². The molecule has 0 spiro atoms. The second-order valence-corrected chi connectivity index (χ2v) is 4.42. The van der Waals surface area contributed by atoms with Crippen molar-refractivity contribution in [2.45, 2.75) is 31.9 Å². The van der Waals surface area contributed by atoms with Crippen LogP contribution in [-0.2, 0) is 25.7 Å². The molecule has 1 aliphatic heterocycles. The van der Waals surface area contributed by atoms with Gasteiger partial charge in [0.2, 0.25) is 0 Å². The summed E-state index contributed by atoms with van der Waals surface area (Å²) < 4.78 is 9.13. The molecule has 1 aliphatic rings. The smallest absolute Gasteiger partial charge is 0.322 e. The fourth-order valence-electron chi connectivity index (χ4n) is 1.90. The molecule has 1 atom stereocenters. The number of hydrogen-bond acceptors (Lipinski definition) is 5. The molecule has 1 fully saturated rings. The second kappa shape index (κ2) is 9.97. The zero-order chi connectivity index (χ0) is 14.6. The zero-order valence-electron chi connectivity index (χ0n) is 11.7. The first-order chi connectivity index (χ1) is 9.77. The van der Waals surface area contributed by atoms with Crippen LogP contribution in [0.1, 0.15) is 24.8 Å². The molecule has 0 aromatic heterocycles. The summed E-state index contributed by atoms with van der Waals surface area (Å²) in [5.41, 5.74) is 1.01. The summed E-state index contributed by atoms with van der Waals surface area (Å²) in [7, 11) is 1.43. The topological polar surface area (TPSA) is 64.6 Å². The van der Waals surface area contributed by atoms with Gasteiger partial charge >= 0.3 is 5.97 Å². The molecule has 0 aliphatic carbocycles. The van der Waals surface area contributed by atoms with Gasteiger partial charge in [0.1, 0.15) is 12.6 Å². The first kappa shape index (κ1) is 16.2. The van der Waals surface area contributed by atoms with Gasteiger partial charge in [0.05, 0.1) is 7.11 Å². The van der Waals surface area contributed by atoms with Crippen molar-refractivity contribution in [3.63, 3.8) is 0 Å². The number of ether oxygens (including phenoxy) is 2. The minimum atomic E-state index is -0.125. The molecule has 2 rings (SSSR count). The van der Waals surface area contributed by atoms with Crippen molar-refractivity contribution >= 4 is 12.4 Å². The molecule has 1 saturated heterocycles. The van der Waals surface area contributed by atoms with Gasteiger partial charge in [-0.25, -0.2) is 0 Å². The first-order valence-corrected chi connectivity index (χ1v) is 6.68. The number of carbonyl (C=O) groups excluding carboxylic acids is 2. The van der Waals surface area contributed by atoms with Crippen LogP contribution in [0.3, 0.4) is 0 Å². The molecule has 1 heterocycles. The standard InChI is InChI=1S/C8H8O2.C7H13NO2/c9-7-10-6-8-4-2-1-3-5-8;1-10-7(9)6-4-2-3-5-8-6/h1-5,7H,6H2;6,8H,2-5H2,1H3. The number of rotatable bonds is 4. The number of nitrogens with one attached hydrogen (secondary N) is 1. The van der Waals surface area contributed by atoms with Crippen LogP contribution in [0.4, 0.5) is 0 Å². The molecular weight excluding hydrogens is 258 g/mol. The summed E-state index contributed by atoms with van der Waals surface area (Å²) in [6, 6.07) is 9.50. The highest BCUT2D eigenvalue weighted by molar-refractivity contribution is 5.75. The molecule has 1 unspecified atom stereocenters. The molecule has 0 bridgehead atoms. The highest BCUT2D eigenvalue weighted by Crippen LogP contribution is 2.07. The Morgan fingerprint density at radius 2 is 2.10 bits per heavy atom. The molecule has 5 nitrogen and oxygen atoms in total. The monoisotopic (exact) mass is 279 g/mol. The van der Waals surface area contributed by atoms with E-state index in [9.17, 15) is 9.59 Å². The highest BCUT2D eigenvalue weighted by Gasteiger charge is 2.20. The number of benzene rings is 1. The van der Waals surface area contributed by atoms with Crippen molar-refractivity contribution in [3.8, 4) is 0 Å². The average Bonchev–Trinajstić information content (AvgIpc) is 2.54. The molecule has 1 N–H and O–H groups in total. The number of esters is 1. The third-order valence-electron chi connectivity index (χ3n) is 2.96. The van der Waals surface area contributed by atoms with Gasteiger partial charge in [0.25, 0.3) is 6.47 Å². The van der Waals surface area contributed by atoms with E-state index in [4.69, 9.17) is 0 Å². The van der Waals surface area contributed by atoms with E-state index < -0.39 is 0 Å². The van der Waals surface area contributed by atoms with E-state index >= 15 is 0 Å². The van der Waals surface area contributed by atoms with Crippen molar-refractivity contribution < 1.29 is 19.1 Å². The van der Waals surface area contributed by atoms with Crippen LogP contribution in [0.15, 0.2) is 30.3 Å². The lowest BCUT2D eigenvalue weighted by Gasteiger charge is -2.20. The number of piperidine rings is 1. The highest BCUT2D eigenvalue weighted by atomic mass is 16.5. The van der Waals surface area contributed by atoms with Crippen LogP contribution in [0.2, 0.25) is 0 Å². The van der Waals surface area contributed by atoms with Gasteiger partial charge in [0.15, 0.2) is 0 Å². The van der Waals surface area contributed by atoms with Gasteiger partial charge in [-0.2, -0.15) is 0 Å². The summed E-state index contributed by atoms with van der Waals surface area (Å²) in [4.78, 5) is 20.6. The normalized spacial score (nSPS) is 17.4. The van der Waals surface area contributed by atoms with E-state index in [1.165, 1.54) is 13.5 Å². The third kappa shape index (κ3) is 6.33. The summed E-state index contributed by atoms with van der Waals surface area (Å²) >= 11 is 0. The SMILES string of the molecule is COC(=O)C1CCCCN1.O=COCc1ccccc1. The number of carbonyl (C=O) groups is 2. The molecule has 1 aromatic carbocycles. The minimum absolute atomic E-state index is 0.0428. The predicted molar refractivity (Wildman–Crippen MR) is 75.0 cm³/mol. The van der Waals surface area contributed by atoms with E-state index in [-0.39, 0.29) is 12.0 Å². The largest absolute Gasteiger partial charge is 0.468 e. The van der Waals surface area contributed by atoms with Crippen molar-refractivity contribution in [1.29, 1.82) is 0 Å². The maximum absolute atomic E-state index is 10.9. The van der Waals surface area contributed by atoms with Crippen LogP contribution >= 0.6 is 0 Å². The molecule has 0 saturated carbocycles. The average molecular weight is 279 g/mol. The molecule has 20 heavy (non-hydrogen) atoms. The Kier molecular flexibility index (Phi) is 8.07. The lowest BCUT2D eigenvalue weighted by molar-refractivity contribution is -0.143. The Balaban J connectivity index is 0.000000200. The number of hydrogen-bond donors (Lipinski definition) is 1. The Morgan fingerprint density at radius 1 is 1.35 bits per heavy atom. The third-order valence-corrected chi connectivity index (χ3v) is 2.96. The molecular formula is C15H21NO4. The summed E-state index contributed by atoms with van der Waals surface area (Å²) in [6.07, 6.45) is 3.23. The second-order valence-electron chi connectivity index (χ2n) is 4.42. The van der Waals surface area contributed by atoms with E-state index in [0.29, 0.717) is 13.1 Å². The van der Waals surface area contributed by atoms with Crippen LogP contribution in [0, 0.1) is 0 Å². The summed E-state index contributed by atoms with van der Waals surface area (Å²) in [6.45, 7) is 1.76. The molecule has 110 valence electrons. The van der Waals surface area contributed by atoms with Crippen LogP contribution in [-0.4, -0.2) is 32.1 Å². The van der Waals surface area contributed by atoms with E-state index in [1.807, 2.05) is 30.3 Å². The van der Waals surface area contributed by atoms with Crippen molar-refractivity contribution in [2.24, 2.45) is 0 Å². The molecule has 5 heteroatoms. The van der Waals surface area contributed by atoms with Gasteiger partial charge in [-0.3, -0.25) is 9.59 Å². The molecule has 1 aromatic rings.